The number of nitrogens with zero attached hydrogens (tertiary/aromatic N) is 4. The topological polar surface area (TPSA) is 43.6 Å². The summed E-state index contributed by atoms with van der Waals surface area (Å²) in [5.74, 6) is 1.41. The van der Waals surface area contributed by atoms with Gasteiger partial charge in [0.25, 0.3) is 0 Å². The average Bonchev–Trinajstić information content (AvgIpc) is 3.01. The van der Waals surface area contributed by atoms with Crippen molar-refractivity contribution in [1.82, 2.24) is 19.5 Å². The van der Waals surface area contributed by atoms with Crippen LogP contribution in [-0.4, -0.2) is 19.5 Å². The number of halogens is 1. The van der Waals surface area contributed by atoms with Crippen LogP contribution in [0.25, 0.3) is 22.2 Å². The summed E-state index contributed by atoms with van der Waals surface area (Å²) in [4.78, 5) is 13.8. The lowest BCUT2D eigenvalue weighted by Gasteiger charge is -2.06. The van der Waals surface area contributed by atoms with Gasteiger partial charge in [-0.2, -0.15) is 0 Å². The van der Waals surface area contributed by atoms with Crippen LogP contribution in [0, 0.1) is 12.7 Å². The minimum absolute atomic E-state index is 0.279. The third kappa shape index (κ3) is 3.20. The number of imidazole rings is 1. The predicted molar refractivity (Wildman–Crippen MR) is 100 cm³/mol. The summed E-state index contributed by atoms with van der Waals surface area (Å²) in [6, 6.07) is 14.7. The van der Waals surface area contributed by atoms with Gasteiger partial charge in [0, 0.05) is 48.8 Å². The number of hydrogen-bond donors (Lipinski definition) is 0. The second-order valence-corrected chi connectivity index (χ2v) is 6.41. The first kappa shape index (κ1) is 16.4. The van der Waals surface area contributed by atoms with Crippen LogP contribution in [0.5, 0.6) is 0 Å². The lowest BCUT2D eigenvalue weighted by atomic mass is 10.1. The molecule has 0 N–H and O–H groups in total. The van der Waals surface area contributed by atoms with Crippen LogP contribution in [0.2, 0.25) is 0 Å². The Morgan fingerprint density at radius 3 is 2.58 bits per heavy atom. The average molecular weight is 346 g/mol. The summed E-state index contributed by atoms with van der Waals surface area (Å²) in [5, 5.41) is 0.888. The van der Waals surface area contributed by atoms with Gasteiger partial charge in [0.2, 0.25) is 0 Å². The lowest BCUT2D eigenvalue weighted by Crippen LogP contribution is -2.04. The Bertz CT molecular complexity index is 1070. The Kier molecular flexibility index (Phi) is 4.21. The van der Waals surface area contributed by atoms with Crippen molar-refractivity contribution in [2.75, 3.05) is 0 Å². The Balaban J connectivity index is 1.58. The van der Waals surface area contributed by atoms with E-state index in [1.165, 1.54) is 12.1 Å². The smallest absolute Gasteiger partial charge is 0.129 e. The van der Waals surface area contributed by atoms with Gasteiger partial charge >= 0.3 is 0 Å². The highest BCUT2D eigenvalue weighted by Gasteiger charge is 2.10. The van der Waals surface area contributed by atoms with Crippen molar-refractivity contribution < 1.29 is 4.39 Å². The zero-order valence-corrected chi connectivity index (χ0v) is 14.8. The fraction of sp³-hybridized carbons (Fsp3) is 0.190. The molecule has 2 aromatic heterocycles. The molecular formula is C21H19FN4. The molecule has 2 aromatic carbocycles. The lowest BCUT2D eigenvalue weighted by molar-refractivity contribution is 0.629. The van der Waals surface area contributed by atoms with E-state index in [4.69, 9.17) is 4.98 Å². The molecule has 0 saturated heterocycles. The molecule has 5 heteroatoms. The van der Waals surface area contributed by atoms with Crippen LogP contribution in [0.15, 0.2) is 54.7 Å². The molecule has 0 radical (unpaired) electrons. The Morgan fingerprint density at radius 2 is 1.77 bits per heavy atom. The first-order valence-electron chi connectivity index (χ1n) is 8.60. The van der Waals surface area contributed by atoms with Gasteiger partial charge in [-0.1, -0.05) is 30.3 Å². The number of hydrogen-bond acceptors (Lipinski definition) is 3. The molecule has 130 valence electrons. The molecule has 0 aliphatic carbocycles. The third-order valence-electron chi connectivity index (χ3n) is 4.51. The van der Waals surface area contributed by atoms with Gasteiger partial charge in [-0.05, 0) is 19.1 Å². The summed E-state index contributed by atoms with van der Waals surface area (Å²) in [6.45, 7) is 1.93. The Hall–Kier alpha value is -3.08. The largest absolute Gasteiger partial charge is 0.337 e. The van der Waals surface area contributed by atoms with Crippen molar-refractivity contribution >= 4 is 10.9 Å². The van der Waals surface area contributed by atoms with Crippen LogP contribution >= 0.6 is 0 Å². The highest BCUT2D eigenvalue weighted by atomic mass is 19.1. The molecule has 0 aliphatic heterocycles. The van der Waals surface area contributed by atoms with Gasteiger partial charge in [0.1, 0.15) is 17.5 Å². The highest BCUT2D eigenvalue weighted by Crippen LogP contribution is 2.20. The van der Waals surface area contributed by atoms with Crippen molar-refractivity contribution in [2.45, 2.75) is 19.8 Å². The summed E-state index contributed by atoms with van der Waals surface area (Å²) >= 11 is 0. The predicted octanol–water partition coefficient (Wildman–Crippen LogP) is 4.26. The molecule has 4 aromatic rings. The van der Waals surface area contributed by atoms with E-state index in [1.54, 1.807) is 6.07 Å². The molecule has 0 amide bonds. The molecule has 2 heterocycles. The number of fused-ring (bicyclic) bond motifs is 1. The SMILES string of the molecule is Cc1nc(CCc2nc(-c3ccccc3)cn2C)nc2cc(F)ccc12. The molecular weight excluding hydrogens is 327 g/mol. The fourth-order valence-electron chi connectivity index (χ4n) is 3.14. The standard InChI is InChI=1S/C21H19FN4/c1-14-17-9-8-16(22)12-18(17)24-20(23-14)10-11-21-25-19(13-26(21)2)15-6-4-3-5-7-15/h3-9,12-13H,10-11H2,1-2H3. The van der Waals surface area contributed by atoms with Crippen molar-refractivity contribution in [3.05, 3.63) is 77.9 Å². The van der Waals surface area contributed by atoms with Crippen LogP contribution in [-0.2, 0) is 19.9 Å². The van der Waals surface area contributed by atoms with Gasteiger partial charge < -0.3 is 4.57 Å². The van der Waals surface area contributed by atoms with Gasteiger partial charge in [0.15, 0.2) is 0 Å². The Morgan fingerprint density at radius 1 is 0.962 bits per heavy atom. The van der Waals surface area contributed by atoms with Gasteiger partial charge in [-0.15, -0.1) is 0 Å². The molecule has 0 spiro atoms. The van der Waals surface area contributed by atoms with E-state index >= 15 is 0 Å². The second kappa shape index (κ2) is 6.67. The summed E-state index contributed by atoms with van der Waals surface area (Å²) < 4.78 is 15.5. The maximum atomic E-state index is 13.5. The van der Waals surface area contributed by atoms with E-state index in [1.807, 2.05) is 42.9 Å². The monoisotopic (exact) mass is 346 g/mol. The second-order valence-electron chi connectivity index (χ2n) is 6.41. The third-order valence-corrected chi connectivity index (χ3v) is 4.51. The zero-order valence-electron chi connectivity index (χ0n) is 14.8. The van der Waals surface area contributed by atoms with E-state index in [-0.39, 0.29) is 5.82 Å². The normalized spacial score (nSPS) is 11.2. The number of aromatic nitrogens is 4. The van der Waals surface area contributed by atoms with E-state index in [9.17, 15) is 4.39 Å². The molecule has 0 bridgehead atoms. The van der Waals surface area contributed by atoms with E-state index in [0.29, 0.717) is 17.8 Å². The van der Waals surface area contributed by atoms with E-state index in [0.717, 1.165) is 34.6 Å². The zero-order chi connectivity index (χ0) is 18.1. The minimum Gasteiger partial charge on any atom is -0.337 e. The van der Waals surface area contributed by atoms with Crippen molar-refractivity contribution in [3.63, 3.8) is 0 Å². The molecule has 0 saturated carbocycles. The van der Waals surface area contributed by atoms with Crippen molar-refractivity contribution in [2.24, 2.45) is 7.05 Å². The van der Waals surface area contributed by atoms with Gasteiger partial charge in [0.05, 0.1) is 11.2 Å². The number of rotatable bonds is 4. The van der Waals surface area contributed by atoms with Crippen molar-refractivity contribution in [3.8, 4) is 11.3 Å². The first-order chi connectivity index (χ1) is 12.6. The summed E-state index contributed by atoms with van der Waals surface area (Å²) in [6.07, 6.45) is 3.42. The molecule has 26 heavy (non-hydrogen) atoms. The highest BCUT2D eigenvalue weighted by molar-refractivity contribution is 5.80. The van der Waals surface area contributed by atoms with Gasteiger partial charge in [-0.3, -0.25) is 0 Å². The van der Waals surface area contributed by atoms with Crippen molar-refractivity contribution in [1.29, 1.82) is 0 Å². The first-order valence-corrected chi connectivity index (χ1v) is 8.60. The molecule has 4 nitrogen and oxygen atoms in total. The molecule has 0 aliphatic rings. The fourth-order valence-corrected chi connectivity index (χ4v) is 3.14. The molecule has 0 atom stereocenters. The maximum Gasteiger partial charge on any atom is 0.129 e. The van der Waals surface area contributed by atoms with Crippen LogP contribution < -0.4 is 0 Å². The van der Waals surface area contributed by atoms with E-state index in [2.05, 4.69) is 22.1 Å². The minimum atomic E-state index is -0.279. The summed E-state index contributed by atoms with van der Waals surface area (Å²) in [7, 11) is 2.00. The number of aryl methyl sites for hydroxylation is 4. The quantitative estimate of drug-likeness (QED) is 0.554. The number of benzene rings is 2. The van der Waals surface area contributed by atoms with E-state index < -0.39 is 0 Å². The van der Waals surface area contributed by atoms with Crippen LogP contribution in [0.1, 0.15) is 17.3 Å². The van der Waals surface area contributed by atoms with Crippen LogP contribution in [0.4, 0.5) is 4.39 Å². The molecule has 0 fully saturated rings. The Labute approximate surface area is 151 Å². The summed E-state index contributed by atoms with van der Waals surface area (Å²) in [5.41, 5.74) is 3.58. The van der Waals surface area contributed by atoms with Gasteiger partial charge in [-0.25, -0.2) is 19.3 Å². The maximum absolute atomic E-state index is 13.5. The molecule has 0 unspecified atom stereocenters. The van der Waals surface area contributed by atoms with Crippen LogP contribution in [0.3, 0.4) is 0 Å². The molecule has 4 rings (SSSR count).